The number of hydrogen-bond acceptors (Lipinski definition) is 6. The molecule has 7 nitrogen and oxygen atoms in total. The second-order valence-electron chi connectivity index (χ2n) is 9.97. The van der Waals surface area contributed by atoms with Crippen molar-refractivity contribution in [1.82, 2.24) is 14.5 Å². The average molecular weight is 560 g/mol. The number of aromatic nitrogens is 3. The van der Waals surface area contributed by atoms with Gasteiger partial charge in [-0.1, -0.05) is 45.0 Å². The number of pyridine rings is 1. The highest BCUT2D eigenvalue weighted by Crippen LogP contribution is 2.26. The van der Waals surface area contributed by atoms with Gasteiger partial charge in [-0.25, -0.2) is 9.78 Å². The lowest BCUT2D eigenvalue weighted by Gasteiger charge is -2.19. The molecule has 0 aliphatic rings. The molecule has 2 aromatic heterocycles. The molecular weight excluding hydrogens is 531 g/mol. The number of imidazole rings is 1. The normalized spacial score (nSPS) is 12.9. The third-order valence-corrected chi connectivity index (χ3v) is 7.31. The molecule has 0 saturated carbocycles. The lowest BCUT2D eigenvalue weighted by molar-refractivity contribution is -0.153. The van der Waals surface area contributed by atoms with Crippen LogP contribution in [0.1, 0.15) is 48.0 Å². The topological polar surface area (TPSA) is 83.3 Å². The number of esters is 1. The molecular formula is C28H28F3N3O4S. The summed E-state index contributed by atoms with van der Waals surface area (Å²) in [4.78, 5) is 21.5. The molecule has 39 heavy (non-hydrogen) atoms. The highest BCUT2D eigenvalue weighted by atomic mass is 32.2. The summed E-state index contributed by atoms with van der Waals surface area (Å²) in [5.74, 6) is -0.660. The number of carbonyl (C=O) groups excluding carboxylic acids is 1. The zero-order chi connectivity index (χ0) is 28.4. The molecule has 1 atom stereocenters. The minimum atomic E-state index is -4.49. The summed E-state index contributed by atoms with van der Waals surface area (Å²) in [5, 5.41) is 0.148. The van der Waals surface area contributed by atoms with Crippen molar-refractivity contribution in [3.05, 3.63) is 83.2 Å². The van der Waals surface area contributed by atoms with E-state index in [-0.39, 0.29) is 28.8 Å². The molecule has 1 unspecified atom stereocenters. The minimum Gasteiger partial charge on any atom is -0.484 e. The number of para-hydroxylation sites is 2. The first-order valence-corrected chi connectivity index (χ1v) is 13.4. The predicted octanol–water partition coefficient (Wildman–Crippen LogP) is 6.10. The van der Waals surface area contributed by atoms with E-state index in [9.17, 15) is 22.2 Å². The fraction of sp³-hybridized carbons (Fsp3) is 0.321. The predicted molar refractivity (Wildman–Crippen MR) is 141 cm³/mol. The molecule has 4 aromatic rings. The van der Waals surface area contributed by atoms with Gasteiger partial charge in [-0.15, -0.1) is 0 Å². The minimum absolute atomic E-state index is 0.00855. The van der Waals surface area contributed by atoms with Crippen molar-refractivity contribution in [2.75, 3.05) is 6.61 Å². The van der Waals surface area contributed by atoms with Crippen LogP contribution < -0.4 is 4.74 Å². The highest BCUT2D eigenvalue weighted by molar-refractivity contribution is 7.84. The standard InChI is InChI=1S/C28H28F3N3O4S/c1-18-22(32-14-13-24(18)37-16-28(29,30)31)15-39(36)26-33-21-7-5-6-8-23(21)34(26)17-38-25(35)19-9-11-20(12-10-19)27(2,3)4/h5-14H,15-17H2,1-4H3. The number of hydrogen-bond donors (Lipinski definition) is 0. The van der Waals surface area contributed by atoms with Gasteiger partial charge in [0.05, 0.1) is 38.8 Å². The molecule has 0 saturated heterocycles. The summed E-state index contributed by atoms with van der Waals surface area (Å²) < 4.78 is 63.3. The van der Waals surface area contributed by atoms with Gasteiger partial charge >= 0.3 is 12.1 Å². The maximum atomic E-state index is 13.5. The van der Waals surface area contributed by atoms with Gasteiger partial charge in [0.25, 0.3) is 0 Å². The first kappa shape index (κ1) is 28.3. The molecule has 2 aromatic carbocycles. The lowest BCUT2D eigenvalue weighted by Crippen LogP contribution is -2.20. The van der Waals surface area contributed by atoms with Crippen molar-refractivity contribution in [2.24, 2.45) is 0 Å². The van der Waals surface area contributed by atoms with Crippen molar-refractivity contribution in [3.8, 4) is 5.75 Å². The van der Waals surface area contributed by atoms with E-state index in [0.29, 0.717) is 27.9 Å². The Hall–Kier alpha value is -3.73. The molecule has 0 fully saturated rings. The number of alkyl halides is 3. The summed E-state index contributed by atoms with van der Waals surface area (Å²) in [5.41, 5.74) is 3.22. The molecule has 0 amide bonds. The summed E-state index contributed by atoms with van der Waals surface area (Å²) >= 11 is 0. The summed E-state index contributed by atoms with van der Waals surface area (Å²) in [6.07, 6.45) is -3.18. The average Bonchev–Trinajstić information content (AvgIpc) is 3.25. The summed E-state index contributed by atoms with van der Waals surface area (Å²) in [7, 11) is -1.77. The van der Waals surface area contributed by atoms with Crippen LogP contribution >= 0.6 is 0 Å². The Morgan fingerprint density at radius 1 is 1.03 bits per heavy atom. The van der Waals surface area contributed by atoms with Crippen LogP contribution in [-0.4, -0.2) is 37.5 Å². The first-order chi connectivity index (χ1) is 18.3. The third-order valence-electron chi connectivity index (χ3n) is 6.05. The van der Waals surface area contributed by atoms with Gasteiger partial charge in [-0.3, -0.25) is 13.8 Å². The first-order valence-electron chi connectivity index (χ1n) is 12.1. The van der Waals surface area contributed by atoms with E-state index in [1.54, 1.807) is 47.9 Å². The van der Waals surface area contributed by atoms with Gasteiger partial charge in [0.1, 0.15) is 5.75 Å². The quantitative estimate of drug-likeness (QED) is 0.243. The van der Waals surface area contributed by atoms with Crippen LogP contribution in [0.3, 0.4) is 0 Å². The Morgan fingerprint density at radius 3 is 2.38 bits per heavy atom. The molecule has 11 heteroatoms. The van der Waals surface area contributed by atoms with E-state index in [1.165, 1.54) is 12.3 Å². The van der Waals surface area contributed by atoms with E-state index in [0.717, 1.165) is 5.56 Å². The summed E-state index contributed by atoms with van der Waals surface area (Å²) in [6.45, 7) is 6.11. The Bertz CT molecular complexity index is 1510. The SMILES string of the molecule is Cc1c(OCC(F)(F)F)ccnc1CS(=O)c1nc2ccccc2n1COC(=O)c1ccc(C(C)(C)C)cc1. The monoisotopic (exact) mass is 559 g/mol. The molecule has 206 valence electrons. The van der Waals surface area contributed by atoms with E-state index >= 15 is 0 Å². The molecule has 0 spiro atoms. The van der Waals surface area contributed by atoms with Gasteiger partial charge in [0, 0.05) is 11.8 Å². The molecule has 2 heterocycles. The zero-order valence-electron chi connectivity index (χ0n) is 21.9. The molecule has 0 N–H and O–H groups in total. The van der Waals surface area contributed by atoms with Crippen LogP contribution in [0.2, 0.25) is 0 Å². The Labute approximate surface area is 226 Å². The third kappa shape index (κ3) is 6.83. The van der Waals surface area contributed by atoms with E-state index in [1.807, 2.05) is 12.1 Å². The lowest BCUT2D eigenvalue weighted by atomic mass is 9.87. The Morgan fingerprint density at radius 2 is 1.72 bits per heavy atom. The van der Waals surface area contributed by atoms with Crippen LogP contribution in [0.15, 0.2) is 66.0 Å². The highest BCUT2D eigenvalue weighted by Gasteiger charge is 2.29. The van der Waals surface area contributed by atoms with Gasteiger partial charge in [0.15, 0.2) is 13.3 Å². The van der Waals surface area contributed by atoms with E-state index in [2.05, 4.69) is 30.7 Å². The number of fused-ring (bicyclic) bond motifs is 1. The Balaban J connectivity index is 1.55. The number of carbonyl (C=O) groups is 1. The molecule has 0 aliphatic carbocycles. The van der Waals surface area contributed by atoms with Crippen LogP contribution in [0, 0.1) is 6.92 Å². The molecule has 0 radical (unpaired) electrons. The molecule has 4 rings (SSSR count). The molecule has 0 bridgehead atoms. The van der Waals surface area contributed by atoms with Crippen LogP contribution in [0.5, 0.6) is 5.75 Å². The second kappa shape index (κ2) is 11.2. The Kier molecular flexibility index (Phi) is 8.10. The number of ether oxygens (including phenoxy) is 2. The van der Waals surface area contributed by atoms with Crippen molar-refractivity contribution >= 4 is 27.8 Å². The van der Waals surface area contributed by atoms with E-state index in [4.69, 9.17) is 9.47 Å². The number of benzene rings is 2. The van der Waals surface area contributed by atoms with Gasteiger partial charge < -0.3 is 9.47 Å². The van der Waals surface area contributed by atoms with E-state index < -0.39 is 29.6 Å². The maximum absolute atomic E-state index is 13.5. The van der Waals surface area contributed by atoms with Crippen LogP contribution in [0.25, 0.3) is 11.0 Å². The maximum Gasteiger partial charge on any atom is 0.422 e. The van der Waals surface area contributed by atoms with Crippen LogP contribution in [0.4, 0.5) is 13.2 Å². The van der Waals surface area contributed by atoms with Crippen molar-refractivity contribution < 1.29 is 31.6 Å². The van der Waals surface area contributed by atoms with Gasteiger partial charge in [-0.05, 0) is 48.2 Å². The van der Waals surface area contributed by atoms with Gasteiger partial charge in [-0.2, -0.15) is 13.2 Å². The van der Waals surface area contributed by atoms with Crippen molar-refractivity contribution in [1.29, 1.82) is 0 Å². The van der Waals surface area contributed by atoms with Crippen LogP contribution in [-0.2, 0) is 33.4 Å². The smallest absolute Gasteiger partial charge is 0.422 e. The van der Waals surface area contributed by atoms with Gasteiger partial charge in [0.2, 0.25) is 5.16 Å². The van der Waals surface area contributed by atoms with Crippen molar-refractivity contribution in [3.63, 3.8) is 0 Å². The summed E-state index contributed by atoms with van der Waals surface area (Å²) in [6, 6.07) is 15.6. The number of halogens is 3. The molecule has 0 aliphatic heterocycles. The number of rotatable bonds is 8. The fourth-order valence-corrected chi connectivity index (χ4v) is 5.14. The second-order valence-corrected chi connectivity index (χ2v) is 11.3. The fourth-order valence-electron chi connectivity index (χ4n) is 3.87. The number of nitrogens with zero attached hydrogens (tertiary/aromatic N) is 3. The zero-order valence-corrected chi connectivity index (χ0v) is 22.7. The van der Waals surface area contributed by atoms with Crippen molar-refractivity contribution in [2.45, 2.75) is 56.9 Å². The largest absolute Gasteiger partial charge is 0.484 e.